The van der Waals surface area contributed by atoms with E-state index in [0.29, 0.717) is 6.61 Å². The summed E-state index contributed by atoms with van der Waals surface area (Å²) in [7, 11) is 0. The van der Waals surface area contributed by atoms with E-state index in [1.54, 1.807) is 0 Å². The van der Waals surface area contributed by atoms with Gasteiger partial charge < -0.3 is 19.5 Å². The van der Waals surface area contributed by atoms with E-state index in [-0.39, 0.29) is 18.0 Å². The van der Waals surface area contributed by atoms with Crippen LogP contribution in [0.25, 0.3) is 0 Å². The molecule has 5 nitrogen and oxygen atoms in total. The van der Waals surface area contributed by atoms with Crippen molar-refractivity contribution in [1.82, 2.24) is 0 Å². The second-order valence-electron chi connectivity index (χ2n) is 9.37. The molecule has 2 aromatic carbocycles. The van der Waals surface area contributed by atoms with Gasteiger partial charge in [0, 0.05) is 24.4 Å². The third-order valence-corrected chi connectivity index (χ3v) is 6.52. The summed E-state index contributed by atoms with van der Waals surface area (Å²) in [5, 5.41) is 3.48. The van der Waals surface area contributed by atoms with Gasteiger partial charge in [0.15, 0.2) is 6.10 Å². The normalized spacial score (nSPS) is 22.5. The third kappa shape index (κ3) is 5.09. The zero-order chi connectivity index (χ0) is 22.6. The first kappa shape index (κ1) is 22.7. The van der Waals surface area contributed by atoms with Crippen LogP contribution in [0.5, 0.6) is 5.75 Å². The summed E-state index contributed by atoms with van der Waals surface area (Å²) < 4.78 is 18.6. The number of fused-ring (bicyclic) bond motifs is 1. The number of carbonyl (C=O) groups is 1. The predicted octanol–water partition coefficient (Wildman–Crippen LogP) is 6.04. The Balaban J connectivity index is 1.56. The molecule has 32 heavy (non-hydrogen) atoms. The van der Waals surface area contributed by atoms with Crippen LogP contribution in [0.4, 0.5) is 5.69 Å². The van der Waals surface area contributed by atoms with E-state index in [4.69, 9.17) is 14.2 Å². The molecule has 4 rings (SSSR count). The minimum absolute atomic E-state index is 0.0119. The van der Waals surface area contributed by atoms with Gasteiger partial charge in [-0.05, 0) is 57.4 Å². The number of hydrogen-bond donors (Lipinski definition) is 1. The second-order valence-corrected chi connectivity index (χ2v) is 9.37. The first-order chi connectivity index (χ1) is 15.5. The standard InChI is InChI=1S/C27H35NO4/c1-4-30-24-22-17-21(28-18-19-11-7-5-8-12-19)15-16-23(22)32-27(2,3)25(24)31-26(29)20-13-9-6-10-14-20/h5,7-8,11-12,15-17,20,24-25,28H,4,6,9-10,13-14,18H2,1-3H3. The number of carbonyl (C=O) groups excluding carboxylic acids is 1. The summed E-state index contributed by atoms with van der Waals surface area (Å²) in [6.45, 7) is 7.18. The quantitative estimate of drug-likeness (QED) is 0.535. The highest BCUT2D eigenvalue weighted by molar-refractivity contribution is 5.73. The topological polar surface area (TPSA) is 56.8 Å². The SMILES string of the molecule is CCOC1c2cc(NCc3ccccc3)ccc2OC(C)(C)C1OC(=O)C1CCCCC1. The summed E-state index contributed by atoms with van der Waals surface area (Å²) in [6.07, 6.45) is 4.34. The molecular formula is C27H35NO4. The van der Waals surface area contributed by atoms with Gasteiger partial charge in [0.1, 0.15) is 17.5 Å². The van der Waals surface area contributed by atoms with Crippen molar-refractivity contribution in [2.24, 2.45) is 5.92 Å². The van der Waals surface area contributed by atoms with Crippen molar-refractivity contribution in [2.75, 3.05) is 11.9 Å². The third-order valence-electron chi connectivity index (χ3n) is 6.52. The Kier molecular flexibility index (Phi) is 7.04. The average molecular weight is 438 g/mol. The first-order valence-electron chi connectivity index (χ1n) is 11.9. The second kappa shape index (κ2) is 9.95. The van der Waals surface area contributed by atoms with Crippen LogP contribution in [0.1, 0.15) is 70.1 Å². The van der Waals surface area contributed by atoms with E-state index in [1.165, 1.54) is 12.0 Å². The number of hydrogen-bond acceptors (Lipinski definition) is 5. The van der Waals surface area contributed by atoms with Crippen LogP contribution in [0.3, 0.4) is 0 Å². The van der Waals surface area contributed by atoms with Crippen molar-refractivity contribution >= 4 is 11.7 Å². The maximum Gasteiger partial charge on any atom is 0.309 e. The van der Waals surface area contributed by atoms with Crippen LogP contribution >= 0.6 is 0 Å². The molecule has 172 valence electrons. The minimum atomic E-state index is -0.684. The summed E-state index contributed by atoms with van der Waals surface area (Å²) in [5.41, 5.74) is 2.43. The lowest BCUT2D eigenvalue weighted by molar-refractivity contribution is -0.188. The number of nitrogens with one attached hydrogen (secondary N) is 1. The molecule has 0 bridgehead atoms. The van der Waals surface area contributed by atoms with Crippen LogP contribution < -0.4 is 10.1 Å². The van der Waals surface area contributed by atoms with Crippen molar-refractivity contribution in [2.45, 2.75) is 77.2 Å². The van der Waals surface area contributed by atoms with Gasteiger partial charge in [-0.15, -0.1) is 0 Å². The van der Waals surface area contributed by atoms with E-state index < -0.39 is 11.7 Å². The Hall–Kier alpha value is -2.53. The molecule has 2 atom stereocenters. The van der Waals surface area contributed by atoms with E-state index in [2.05, 4.69) is 23.5 Å². The minimum Gasteiger partial charge on any atom is -0.483 e. The fraction of sp³-hybridized carbons (Fsp3) is 0.519. The molecule has 5 heteroatoms. The van der Waals surface area contributed by atoms with Crippen molar-refractivity contribution in [3.63, 3.8) is 0 Å². The number of anilines is 1. The van der Waals surface area contributed by atoms with E-state index in [0.717, 1.165) is 49.2 Å². The molecule has 0 radical (unpaired) electrons. The van der Waals surface area contributed by atoms with Crippen LogP contribution in [0.15, 0.2) is 48.5 Å². The Morgan fingerprint density at radius 2 is 1.84 bits per heavy atom. The molecule has 1 heterocycles. The van der Waals surface area contributed by atoms with Gasteiger partial charge in [0.25, 0.3) is 0 Å². The monoisotopic (exact) mass is 437 g/mol. The number of rotatable bonds is 7. The Morgan fingerprint density at radius 3 is 2.56 bits per heavy atom. The largest absolute Gasteiger partial charge is 0.483 e. The van der Waals surface area contributed by atoms with Gasteiger partial charge in [-0.2, -0.15) is 0 Å². The predicted molar refractivity (Wildman–Crippen MR) is 126 cm³/mol. The summed E-state index contributed by atoms with van der Waals surface area (Å²) in [6, 6.07) is 16.4. The van der Waals surface area contributed by atoms with Gasteiger partial charge in [-0.25, -0.2) is 0 Å². The molecule has 0 saturated heterocycles. The maximum absolute atomic E-state index is 13.0. The molecule has 1 saturated carbocycles. The zero-order valence-electron chi connectivity index (χ0n) is 19.4. The van der Waals surface area contributed by atoms with E-state index in [9.17, 15) is 4.79 Å². The van der Waals surface area contributed by atoms with Crippen LogP contribution in [0.2, 0.25) is 0 Å². The molecule has 1 fully saturated rings. The highest BCUT2D eigenvalue weighted by Gasteiger charge is 2.48. The molecule has 0 amide bonds. The maximum atomic E-state index is 13.0. The molecule has 2 aliphatic rings. The lowest BCUT2D eigenvalue weighted by Crippen LogP contribution is -2.52. The number of benzene rings is 2. The summed E-state index contributed by atoms with van der Waals surface area (Å²) >= 11 is 0. The summed E-state index contributed by atoms with van der Waals surface area (Å²) in [5.74, 6) is 0.656. The van der Waals surface area contributed by atoms with Gasteiger partial charge in [-0.3, -0.25) is 4.79 Å². The lowest BCUT2D eigenvalue weighted by Gasteiger charge is -2.44. The van der Waals surface area contributed by atoms with Crippen molar-refractivity contribution in [3.8, 4) is 5.75 Å². The van der Waals surface area contributed by atoms with Gasteiger partial charge in [-0.1, -0.05) is 49.6 Å². The highest BCUT2D eigenvalue weighted by atomic mass is 16.6. The number of esters is 1. The Bertz CT molecular complexity index is 905. The molecule has 2 unspecified atom stereocenters. The molecule has 2 aromatic rings. The smallest absolute Gasteiger partial charge is 0.309 e. The Morgan fingerprint density at radius 1 is 1.09 bits per heavy atom. The van der Waals surface area contributed by atoms with Crippen molar-refractivity contribution in [3.05, 3.63) is 59.7 Å². The average Bonchev–Trinajstić information content (AvgIpc) is 2.81. The van der Waals surface area contributed by atoms with Crippen LogP contribution in [-0.4, -0.2) is 24.3 Å². The number of ether oxygens (including phenoxy) is 3. The first-order valence-corrected chi connectivity index (χ1v) is 11.9. The van der Waals surface area contributed by atoms with E-state index in [1.807, 2.05) is 51.1 Å². The van der Waals surface area contributed by atoms with Gasteiger partial charge in [0.2, 0.25) is 0 Å². The molecule has 1 aliphatic carbocycles. The molecule has 0 spiro atoms. The van der Waals surface area contributed by atoms with Gasteiger partial charge in [0.05, 0.1) is 5.92 Å². The van der Waals surface area contributed by atoms with Crippen LogP contribution in [0, 0.1) is 5.92 Å². The highest BCUT2D eigenvalue weighted by Crippen LogP contribution is 2.45. The van der Waals surface area contributed by atoms with E-state index >= 15 is 0 Å². The van der Waals surface area contributed by atoms with Gasteiger partial charge >= 0.3 is 5.97 Å². The summed E-state index contributed by atoms with van der Waals surface area (Å²) in [4.78, 5) is 13.0. The van der Waals surface area contributed by atoms with Crippen LogP contribution in [-0.2, 0) is 20.8 Å². The lowest BCUT2D eigenvalue weighted by atomic mass is 9.86. The van der Waals surface area contributed by atoms with Crippen molar-refractivity contribution < 1.29 is 19.0 Å². The van der Waals surface area contributed by atoms with Crippen molar-refractivity contribution in [1.29, 1.82) is 0 Å². The fourth-order valence-corrected chi connectivity index (χ4v) is 4.76. The Labute approximate surface area is 191 Å². The molecule has 1 aliphatic heterocycles. The zero-order valence-corrected chi connectivity index (χ0v) is 19.4. The molecule has 1 N–H and O–H groups in total. The molecular weight excluding hydrogens is 402 g/mol. The molecule has 0 aromatic heterocycles. The fourth-order valence-electron chi connectivity index (χ4n) is 4.76.